The van der Waals surface area contributed by atoms with Crippen molar-refractivity contribution in [3.8, 4) is 0 Å². The minimum atomic E-state index is 0.365. The lowest BCUT2D eigenvalue weighted by atomic mass is 10.3. The van der Waals surface area contributed by atoms with Gasteiger partial charge in [0.25, 0.3) is 0 Å². The van der Waals surface area contributed by atoms with Crippen LogP contribution in [0.25, 0.3) is 67.0 Å². The summed E-state index contributed by atoms with van der Waals surface area (Å²) in [6, 6.07) is 10.5. The van der Waals surface area contributed by atoms with Crippen molar-refractivity contribution in [3.05, 3.63) is 137 Å². The number of hydrogen-bond donors (Lipinski definition) is 0. The Labute approximate surface area is 470 Å². The standard InChI is InChI=1S/3C8H7ClO2.2C7H5BrO2.C6H3ClO2.6C2H6/c1-4-5(2)10-6-3-7(9)11-8(4)6;1-4-3-10-7-5(2)8(9)11-6(4)7;1-4-3-6-7(10-4)5(2)8(9)11-6;1-4-3-9-5-2-6(8)10-7(4)5;1-4-6-5(2-3-9-6)10-7(4)8;7-6-3-5-4(9-6)1-2-8-5;6*1-2/h3*3H,1-2H3;2*2-3H,1H3;1-3H;6*1-2H3. The maximum Gasteiger partial charge on any atom is 0.200 e. The zero-order chi connectivity index (χ0) is 56.6. The SMILES string of the molecule is CC.CC.CC.CC.CC.CC.Cc1c(Br)oc2ccoc12.Cc1cc2oc(Cl)c(C)c2o1.Cc1coc2c(C)c(Cl)oc12.Cc1coc2cc(Br)oc12.Cc1oc2cc(Cl)oc2c1C.Clc1cc2occc2o1. The third-order valence-corrected chi connectivity index (χ3v) is 11.4. The van der Waals surface area contributed by atoms with E-state index < -0.39 is 0 Å². The van der Waals surface area contributed by atoms with Gasteiger partial charge in [-0.2, -0.15) is 0 Å². The number of furan rings is 12. The predicted octanol–water partition coefficient (Wildman–Crippen LogP) is 24.9. The summed E-state index contributed by atoms with van der Waals surface area (Å²) in [6.45, 7) is 39.3. The lowest BCUT2D eigenvalue weighted by Crippen LogP contribution is -1.67. The summed E-state index contributed by atoms with van der Waals surface area (Å²) < 4.78 is 63.7. The van der Waals surface area contributed by atoms with E-state index in [9.17, 15) is 0 Å². The maximum absolute atomic E-state index is 5.74. The molecule has 0 amide bonds. The molecule has 0 aromatic carbocycles. The third kappa shape index (κ3) is 17.6. The van der Waals surface area contributed by atoms with Gasteiger partial charge in [0, 0.05) is 58.7 Å². The number of aryl methyl sites for hydroxylation is 8. The maximum atomic E-state index is 5.74. The molecule has 12 heterocycles. The van der Waals surface area contributed by atoms with Crippen LogP contribution in [0.4, 0.5) is 0 Å². The number of hydrogen-bond acceptors (Lipinski definition) is 12. The smallest absolute Gasteiger partial charge is 0.200 e. The van der Waals surface area contributed by atoms with Gasteiger partial charge in [-0.1, -0.05) is 83.1 Å². The first-order chi connectivity index (χ1) is 35.5. The predicted molar refractivity (Wildman–Crippen MR) is 312 cm³/mol. The Bertz CT molecular complexity index is 3280. The highest BCUT2D eigenvalue weighted by molar-refractivity contribution is 9.10. The van der Waals surface area contributed by atoms with E-state index in [4.69, 9.17) is 99.4 Å². The fourth-order valence-corrected chi connectivity index (χ4v) is 7.23. The largest absolute Gasteiger partial charge is 0.461 e. The molecule has 12 aromatic rings. The lowest BCUT2D eigenvalue weighted by molar-refractivity contribution is 0.575. The quantitative estimate of drug-likeness (QED) is 0.142. The summed E-state index contributed by atoms with van der Waals surface area (Å²) in [6.07, 6.45) is 6.52. The van der Waals surface area contributed by atoms with Crippen LogP contribution in [0, 0.1) is 55.4 Å². The molecule has 408 valence electrons. The van der Waals surface area contributed by atoms with Gasteiger partial charge in [-0.25, -0.2) is 0 Å². The van der Waals surface area contributed by atoms with Crippen molar-refractivity contribution in [1.82, 2.24) is 0 Å². The molecule has 0 radical (unpaired) electrons. The van der Waals surface area contributed by atoms with Crippen molar-refractivity contribution < 1.29 is 53.0 Å². The zero-order valence-corrected chi connectivity index (χ0v) is 52.1. The molecule has 0 aliphatic carbocycles. The van der Waals surface area contributed by atoms with Gasteiger partial charge in [0.2, 0.25) is 10.4 Å². The fraction of sp³-hybridized carbons (Fsp3) is 0.357. The molecule has 0 saturated heterocycles. The molecule has 12 nitrogen and oxygen atoms in total. The molecule has 74 heavy (non-hydrogen) atoms. The van der Waals surface area contributed by atoms with E-state index in [1.165, 1.54) is 0 Å². The number of rotatable bonds is 0. The second kappa shape index (κ2) is 33.9. The topological polar surface area (TPSA) is 158 Å². The molecule has 0 bridgehead atoms. The van der Waals surface area contributed by atoms with Crippen LogP contribution in [0.15, 0.2) is 124 Å². The van der Waals surface area contributed by atoms with Crippen LogP contribution in [0.3, 0.4) is 0 Å². The summed E-state index contributed by atoms with van der Waals surface area (Å²) in [5, 5.41) is 1.58. The van der Waals surface area contributed by atoms with Gasteiger partial charge in [0.05, 0.1) is 36.2 Å². The van der Waals surface area contributed by atoms with Gasteiger partial charge < -0.3 is 53.0 Å². The van der Waals surface area contributed by atoms with Crippen molar-refractivity contribution in [1.29, 1.82) is 0 Å². The molecule has 0 N–H and O–H groups in total. The average Bonchev–Trinajstić information content (AvgIpc) is 4.28. The van der Waals surface area contributed by atoms with Crippen LogP contribution >= 0.6 is 78.3 Å². The van der Waals surface area contributed by atoms with Gasteiger partial charge in [-0.15, -0.1) is 0 Å². The molecule has 0 atom stereocenters. The Hall–Kier alpha value is -4.96. The molecule has 12 aromatic heterocycles. The van der Waals surface area contributed by atoms with Crippen LogP contribution in [-0.4, -0.2) is 0 Å². The van der Waals surface area contributed by atoms with Crippen molar-refractivity contribution in [2.75, 3.05) is 0 Å². The highest BCUT2D eigenvalue weighted by atomic mass is 79.9. The Morgan fingerprint density at radius 2 is 0.865 bits per heavy atom. The molecule has 0 aliphatic rings. The van der Waals surface area contributed by atoms with Crippen molar-refractivity contribution in [2.45, 2.75) is 138 Å². The molecule has 12 rings (SSSR count). The molecule has 0 fully saturated rings. The molecular formula is C56H70Br2Cl4O12. The Morgan fingerprint density at radius 1 is 0.351 bits per heavy atom. The van der Waals surface area contributed by atoms with Gasteiger partial charge in [0.1, 0.15) is 11.5 Å². The first kappa shape index (κ1) is 67.1. The zero-order valence-electron chi connectivity index (χ0n) is 45.9. The number of halogens is 6. The van der Waals surface area contributed by atoms with Gasteiger partial charge in [-0.3, -0.25) is 0 Å². The molecular weight excluding hydrogens is 1170 g/mol. The van der Waals surface area contributed by atoms with Gasteiger partial charge in [0.15, 0.2) is 86.8 Å². The molecule has 0 spiro atoms. The average molecular weight is 1240 g/mol. The summed E-state index contributed by atoms with van der Waals surface area (Å²) in [5.41, 5.74) is 14.9. The summed E-state index contributed by atoms with van der Waals surface area (Å²) in [7, 11) is 0. The van der Waals surface area contributed by atoms with Crippen molar-refractivity contribution >= 4 is 145 Å². The fourth-order valence-electron chi connectivity index (χ4n) is 5.81. The Kier molecular flexibility index (Phi) is 30.7. The van der Waals surface area contributed by atoms with Crippen LogP contribution in [0.2, 0.25) is 20.9 Å². The number of fused-ring (bicyclic) bond motifs is 6. The van der Waals surface area contributed by atoms with Gasteiger partial charge in [-0.05, 0) is 134 Å². The van der Waals surface area contributed by atoms with Crippen molar-refractivity contribution in [2.24, 2.45) is 0 Å². The van der Waals surface area contributed by atoms with Crippen molar-refractivity contribution in [3.63, 3.8) is 0 Å². The Balaban J connectivity index is 0.000000426. The van der Waals surface area contributed by atoms with E-state index in [0.717, 1.165) is 105 Å². The summed E-state index contributed by atoms with van der Waals surface area (Å²) >= 11 is 29.0. The molecule has 0 saturated carbocycles. The molecule has 0 unspecified atom stereocenters. The second-order valence-corrected chi connectivity index (χ2v) is 16.6. The van der Waals surface area contributed by atoms with E-state index in [0.29, 0.717) is 36.7 Å². The highest BCUT2D eigenvalue weighted by Gasteiger charge is 2.15. The van der Waals surface area contributed by atoms with E-state index in [2.05, 4.69) is 31.9 Å². The molecule has 18 heteroatoms. The van der Waals surface area contributed by atoms with Crippen LogP contribution in [0.1, 0.15) is 128 Å². The van der Waals surface area contributed by atoms with Gasteiger partial charge >= 0.3 is 0 Å². The first-order valence-corrected chi connectivity index (χ1v) is 27.4. The van der Waals surface area contributed by atoms with Crippen LogP contribution in [0.5, 0.6) is 0 Å². The third-order valence-electron chi connectivity index (χ3n) is 9.16. The van der Waals surface area contributed by atoms with Crippen LogP contribution in [-0.2, 0) is 0 Å². The highest BCUT2D eigenvalue weighted by Crippen LogP contribution is 2.34. The normalized spacial score (nSPS) is 9.76. The second-order valence-electron chi connectivity index (χ2n) is 13.6. The monoisotopic (exact) mass is 1230 g/mol. The minimum Gasteiger partial charge on any atom is -0.461 e. The van der Waals surface area contributed by atoms with E-state index in [1.807, 2.05) is 151 Å². The van der Waals surface area contributed by atoms with E-state index in [-0.39, 0.29) is 0 Å². The summed E-state index contributed by atoms with van der Waals surface area (Å²) in [4.78, 5) is 0. The summed E-state index contributed by atoms with van der Waals surface area (Å²) in [5.74, 6) is 1.73. The first-order valence-electron chi connectivity index (χ1n) is 24.3. The minimum absolute atomic E-state index is 0.365. The van der Waals surface area contributed by atoms with Crippen LogP contribution < -0.4 is 0 Å². The van der Waals surface area contributed by atoms with E-state index >= 15 is 0 Å². The lowest BCUT2D eigenvalue weighted by Gasteiger charge is -1.83. The Morgan fingerprint density at radius 3 is 1.43 bits per heavy atom. The molecule has 0 aliphatic heterocycles. The van der Waals surface area contributed by atoms with E-state index in [1.54, 1.807) is 49.3 Å².